The van der Waals surface area contributed by atoms with Crippen LogP contribution >= 0.6 is 0 Å². The highest BCUT2D eigenvalue weighted by Crippen LogP contribution is 2.33. The molecular formula is C22H26N6O5S. The molecule has 5 rings (SSSR count). The molecule has 0 unspecified atom stereocenters. The molecular weight excluding hydrogens is 460 g/mol. The second-order valence-electron chi connectivity index (χ2n) is 8.35. The van der Waals surface area contributed by atoms with Crippen molar-refractivity contribution >= 4 is 21.7 Å². The number of hydrogen-bond donors (Lipinski definition) is 0. The lowest BCUT2D eigenvalue weighted by molar-refractivity contribution is -0.131. The smallest absolute Gasteiger partial charge is 0.252 e. The molecule has 1 saturated heterocycles. The molecule has 11 nitrogen and oxygen atoms in total. The van der Waals surface area contributed by atoms with Gasteiger partial charge in [-0.05, 0) is 26.0 Å². The van der Waals surface area contributed by atoms with E-state index in [-0.39, 0.29) is 30.3 Å². The maximum atomic E-state index is 13.2. The molecule has 34 heavy (non-hydrogen) atoms. The number of hydrogen-bond acceptors (Lipinski definition) is 8. The Morgan fingerprint density at radius 1 is 1.06 bits per heavy atom. The predicted molar refractivity (Wildman–Crippen MR) is 121 cm³/mol. The van der Waals surface area contributed by atoms with Gasteiger partial charge in [0.25, 0.3) is 5.78 Å². The van der Waals surface area contributed by atoms with E-state index in [1.54, 1.807) is 21.5 Å². The average molecular weight is 487 g/mol. The van der Waals surface area contributed by atoms with Crippen molar-refractivity contribution in [3.8, 4) is 11.5 Å². The quantitative estimate of drug-likeness (QED) is 0.535. The molecule has 2 aliphatic heterocycles. The summed E-state index contributed by atoms with van der Waals surface area (Å²) in [6.45, 7) is 5.84. The molecule has 3 aromatic rings. The minimum absolute atomic E-state index is 0.0694. The topological polar surface area (TPSA) is 119 Å². The lowest BCUT2D eigenvalue weighted by Gasteiger charge is -2.34. The van der Waals surface area contributed by atoms with Crippen LogP contribution in [0.2, 0.25) is 0 Å². The van der Waals surface area contributed by atoms with Crippen LogP contribution in [-0.4, -0.2) is 82.5 Å². The van der Waals surface area contributed by atoms with Crippen LogP contribution < -0.4 is 9.47 Å². The van der Waals surface area contributed by atoms with Crippen molar-refractivity contribution in [2.45, 2.75) is 31.6 Å². The molecule has 0 aliphatic carbocycles. The first kappa shape index (κ1) is 22.5. The van der Waals surface area contributed by atoms with Gasteiger partial charge in [-0.3, -0.25) is 4.79 Å². The molecule has 180 valence electrons. The van der Waals surface area contributed by atoms with Crippen molar-refractivity contribution in [1.29, 1.82) is 0 Å². The third-order valence-corrected chi connectivity index (χ3v) is 8.16. The Morgan fingerprint density at radius 3 is 2.56 bits per heavy atom. The number of fused-ring (bicyclic) bond motifs is 2. The molecule has 12 heteroatoms. The molecule has 2 aliphatic rings. The summed E-state index contributed by atoms with van der Waals surface area (Å²) in [7, 11) is -3.72. The number of benzene rings is 1. The first-order valence-corrected chi connectivity index (χ1v) is 12.6. The summed E-state index contributed by atoms with van der Waals surface area (Å²) >= 11 is 0. The highest BCUT2D eigenvalue weighted by Gasteiger charge is 2.31. The number of aromatic nitrogens is 4. The van der Waals surface area contributed by atoms with Crippen LogP contribution in [0.5, 0.6) is 11.5 Å². The molecule has 4 heterocycles. The number of carbonyl (C=O) groups is 1. The van der Waals surface area contributed by atoms with Gasteiger partial charge in [0.15, 0.2) is 11.5 Å². The van der Waals surface area contributed by atoms with Gasteiger partial charge in [-0.15, -0.1) is 0 Å². The van der Waals surface area contributed by atoms with Crippen molar-refractivity contribution in [2.75, 3.05) is 39.4 Å². The number of aryl methyl sites for hydroxylation is 2. The van der Waals surface area contributed by atoms with Crippen molar-refractivity contribution in [1.82, 2.24) is 28.8 Å². The maximum Gasteiger partial charge on any atom is 0.252 e. The molecule has 1 fully saturated rings. The zero-order chi connectivity index (χ0) is 23.9. The number of nitrogens with zero attached hydrogens (tertiary/aromatic N) is 6. The summed E-state index contributed by atoms with van der Waals surface area (Å²) in [5.41, 5.74) is 2.37. The van der Waals surface area contributed by atoms with Gasteiger partial charge in [-0.25, -0.2) is 17.9 Å². The maximum absolute atomic E-state index is 13.2. The van der Waals surface area contributed by atoms with E-state index in [4.69, 9.17) is 9.47 Å². The molecule has 2 aromatic heterocycles. The van der Waals surface area contributed by atoms with E-state index in [1.807, 2.05) is 13.8 Å². The number of carbonyl (C=O) groups excluding carboxylic acids is 1. The fourth-order valence-corrected chi connectivity index (χ4v) is 5.74. The molecule has 0 N–H and O–H groups in total. The van der Waals surface area contributed by atoms with Crippen molar-refractivity contribution in [3.63, 3.8) is 0 Å². The summed E-state index contributed by atoms with van der Waals surface area (Å²) in [5.74, 6) is 1.42. The Balaban J connectivity index is 1.26. The van der Waals surface area contributed by atoms with E-state index < -0.39 is 10.0 Å². The molecule has 0 saturated carbocycles. The number of piperazine rings is 1. The first-order chi connectivity index (χ1) is 16.3. The highest BCUT2D eigenvalue weighted by atomic mass is 32.2. The van der Waals surface area contributed by atoms with E-state index >= 15 is 0 Å². The Morgan fingerprint density at radius 2 is 1.79 bits per heavy atom. The van der Waals surface area contributed by atoms with E-state index in [0.29, 0.717) is 43.6 Å². The number of ether oxygens (including phenoxy) is 2. The summed E-state index contributed by atoms with van der Waals surface area (Å²) in [5, 5.41) is 4.17. The zero-order valence-corrected chi connectivity index (χ0v) is 19.9. The van der Waals surface area contributed by atoms with Crippen molar-refractivity contribution in [2.24, 2.45) is 0 Å². The fourth-order valence-electron chi connectivity index (χ4n) is 4.31. The van der Waals surface area contributed by atoms with Gasteiger partial charge in [0, 0.05) is 55.6 Å². The van der Waals surface area contributed by atoms with Crippen LogP contribution in [-0.2, 0) is 21.2 Å². The standard InChI is InChI=1S/C22H26N6O5S/c1-15-18(16(2)28-22(25-15)23-14-24-28)13-21(29)26-6-8-27(9-7-26)34(30,31)17-4-5-19-20(12-17)33-11-3-10-32-19/h4-5,12,14H,3,6-11,13H2,1-2H3. The van der Waals surface area contributed by atoms with E-state index in [9.17, 15) is 13.2 Å². The van der Waals surface area contributed by atoms with E-state index in [1.165, 1.54) is 16.7 Å². The minimum atomic E-state index is -3.72. The van der Waals surface area contributed by atoms with Crippen LogP contribution in [0.4, 0.5) is 0 Å². The Bertz CT molecular complexity index is 1350. The second kappa shape index (κ2) is 8.84. The SMILES string of the molecule is Cc1nc2ncnn2c(C)c1CC(=O)N1CCN(S(=O)(=O)c2ccc3c(c2)OCCCO3)CC1. The summed E-state index contributed by atoms with van der Waals surface area (Å²) < 4.78 is 40.7. The molecule has 1 amide bonds. The van der Waals surface area contributed by atoms with Crippen LogP contribution in [0.25, 0.3) is 5.78 Å². The normalized spacial score (nSPS) is 17.1. The highest BCUT2D eigenvalue weighted by molar-refractivity contribution is 7.89. The lowest BCUT2D eigenvalue weighted by Crippen LogP contribution is -2.50. The van der Waals surface area contributed by atoms with Crippen LogP contribution in [0, 0.1) is 13.8 Å². The molecule has 1 aromatic carbocycles. The van der Waals surface area contributed by atoms with Crippen molar-refractivity contribution < 1.29 is 22.7 Å². The van der Waals surface area contributed by atoms with Gasteiger partial charge >= 0.3 is 0 Å². The average Bonchev–Trinajstić information content (AvgIpc) is 3.17. The van der Waals surface area contributed by atoms with Crippen LogP contribution in [0.3, 0.4) is 0 Å². The van der Waals surface area contributed by atoms with Gasteiger partial charge in [0.1, 0.15) is 6.33 Å². The number of amides is 1. The first-order valence-electron chi connectivity index (χ1n) is 11.2. The van der Waals surface area contributed by atoms with Crippen LogP contribution in [0.15, 0.2) is 29.4 Å². The summed E-state index contributed by atoms with van der Waals surface area (Å²) in [6.07, 6.45) is 2.35. The number of sulfonamides is 1. The minimum Gasteiger partial charge on any atom is -0.490 e. The Kier molecular flexibility index (Phi) is 5.86. The van der Waals surface area contributed by atoms with Gasteiger partial charge in [-0.2, -0.15) is 14.4 Å². The Labute approximate surface area is 197 Å². The summed E-state index contributed by atoms with van der Waals surface area (Å²) in [4.78, 5) is 23.4. The lowest BCUT2D eigenvalue weighted by atomic mass is 10.1. The van der Waals surface area contributed by atoms with Gasteiger partial charge in [0.05, 0.1) is 24.5 Å². The molecule has 0 atom stereocenters. The fraction of sp³-hybridized carbons (Fsp3) is 0.455. The van der Waals surface area contributed by atoms with Crippen molar-refractivity contribution in [3.05, 3.63) is 41.5 Å². The second-order valence-corrected chi connectivity index (χ2v) is 10.3. The van der Waals surface area contributed by atoms with E-state index in [0.717, 1.165) is 23.4 Å². The molecule has 0 radical (unpaired) electrons. The third kappa shape index (κ3) is 4.07. The number of rotatable bonds is 4. The monoisotopic (exact) mass is 486 g/mol. The van der Waals surface area contributed by atoms with E-state index in [2.05, 4.69) is 15.1 Å². The van der Waals surface area contributed by atoms with Gasteiger partial charge in [0.2, 0.25) is 15.9 Å². The van der Waals surface area contributed by atoms with Crippen LogP contribution in [0.1, 0.15) is 23.4 Å². The Hall–Kier alpha value is -3.25. The largest absolute Gasteiger partial charge is 0.490 e. The molecule has 0 bridgehead atoms. The molecule has 0 spiro atoms. The summed E-state index contributed by atoms with van der Waals surface area (Å²) in [6, 6.07) is 4.70. The predicted octanol–water partition coefficient (Wildman–Crippen LogP) is 0.978. The van der Waals surface area contributed by atoms with Gasteiger partial charge < -0.3 is 14.4 Å². The van der Waals surface area contributed by atoms with Gasteiger partial charge in [-0.1, -0.05) is 0 Å². The third-order valence-electron chi connectivity index (χ3n) is 6.26. The zero-order valence-electron chi connectivity index (χ0n) is 19.1.